The molecule has 1 fully saturated rings. The summed E-state index contributed by atoms with van der Waals surface area (Å²) >= 11 is 1.71. The van der Waals surface area contributed by atoms with Gasteiger partial charge in [0.1, 0.15) is 0 Å². The van der Waals surface area contributed by atoms with Crippen LogP contribution in [-0.2, 0) is 0 Å². The second-order valence-electron chi connectivity index (χ2n) is 5.10. The van der Waals surface area contributed by atoms with Gasteiger partial charge in [-0.05, 0) is 25.8 Å². The molecule has 5 nitrogen and oxygen atoms in total. The largest absolute Gasteiger partial charge is 0.341 e. The van der Waals surface area contributed by atoms with Crippen molar-refractivity contribution < 1.29 is 0 Å². The Kier molecular flexibility index (Phi) is 4.22. The molecule has 1 atom stereocenters. The molecule has 3 rings (SSSR count). The summed E-state index contributed by atoms with van der Waals surface area (Å²) in [6.45, 7) is 4.23. The molecule has 0 spiro atoms. The molecule has 2 aromatic heterocycles. The zero-order chi connectivity index (χ0) is 13.8. The summed E-state index contributed by atoms with van der Waals surface area (Å²) in [4.78, 5) is 16.3. The number of nitrogens with one attached hydrogen (secondary N) is 1. The van der Waals surface area contributed by atoms with Crippen molar-refractivity contribution in [3.05, 3.63) is 35.0 Å². The third kappa shape index (κ3) is 3.13. The van der Waals surface area contributed by atoms with E-state index in [1.54, 1.807) is 23.7 Å². The van der Waals surface area contributed by atoms with Crippen molar-refractivity contribution in [1.29, 1.82) is 0 Å². The first-order valence-corrected chi connectivity index (χ1v) is 7.87. The average molecular weight is 289 g/mol. The van der Waals surface area contributed by atoms with Crippen LogP contribution in [0.3, 0.4) is 0 Å². The summed E-state index contributed by atoms with van der Waals surface area (Å²) in [5.41, 5.74) is 1.89. The maximum atomic E-state index is 4.32. The summed E-state index contributed by atoms with van der Waals surface area (Å²) in [5.74, 6) is 0.849. The van der Waals surface area contributed by atoms with Crippen molar-refractivity contribution in [2.75, 3.05) is 18.0 Å². The predicted octanol–water partition coefficient (Wildman–Crippen LogP) is 2.25. The lowest BCUT2D eigenvalue weighted by Crippen LogP contribution is -2.43. The van der Waals surface area contributed by atoms with Crippen LogP contribution in [0.25, 0.3) is 0 Å². The van der Waals surface area contributed by atoms with E-state index in [0.29, 0.717) is 12.1 Å². The van der Waals surface area contributed by atoms with Crippen LogP contribution in [-0.4, -0.2) is 34.1 Å². The molecule has 1 unspecified atom stereocenters. The molecule has 20 heavy (non-hydrogen) atoms. The Bertz CT molecular complexity index is 508. The quantitative estimate of drug-likeness (QED) is 0.935. The third-order valence-corrected chi connectivity index (χ3v) is 4.65. The molecular weight excluding hydrogens is 270 g/mol. The van der Waals surface area contributed by atoms with Crippen molar-refractivity contribution in [3.8, 4) is 0 Å². The van der Waals surface area contributed by atoms with Crippen LogP contribution in [0.4, 0.5) is 5.95 Å². The molecule has 106 valence electrons. The van der Waals surface area contributed by atoms with Crippen LogP contribution in [0.2, 0.25) is 0 Å². The lowest BCUT2D eigenvalue weighted by Gasteiger charge is -2.33. The predicted molar refractivity (Wildman–Crippen MR) is 80.9 cm³/mol. The Labute approximate surface area is 123 Å². The van der Waals surface area contributed by atoms with Gasteiger partial charge in [-0.1, -0.05) is 0 Å². The monoisotopic (exact) mass is 289 g/mol. The van der Waals surface area contributed by atoms with Gasteiger partial charge in [0.25, 0.3) is 0 Å². The molecular formula is C14H19N5S. The van der Waals surface area contributed by atoms with Gasteiger partial charge in [-0.3, -0.25) is 4.98 Å². The number of aromatic nitrogens is 3. The van der Waals surface area contributed by atoms with Crippen LogP contribution < -0.4 is 10.2 Å². The molecule has 1 saturated heterocycles. The molecule has 1 aliphatic rings. The van der Waals surface area contributed by atoms with Gasteiger partial charge >= 0.3 is 0 Å². The minimum atomic E-state index is 0.382. The van der Waals surface area contributed by atoms with Crippen LogP contribution >= 0.6 is 11.3 Å². The first-order chi connectivity index (χ1) is 9.83. The molecule has 0 aliphatic carbocycles. The number of piperidine rings is 1. The highest BCUT2D eigenvalue weighted by Crippen LogP contribution is 2.21. The Morgan fingerprint density at radius 2 is 2.05 bits per heavy atom. The number of nitrogens with zero attached hydrogens (tertiary/aromatic N) is 4. The lowest BCUT2D eigenvalue weighted by atomic mass is 10.0. The second-order valence-corrected chi connectivity index (χ2v) is 6.02. The van der Waals surface area contributed by atoms with Crippen LogP contribution in [0.15, 0.2) is 30.2 Å². The molecule has 2 aromatic rings. The normalized spacial score (nSPS) is 18.1. The van der Waals surface area contributed by atoms with Gasteiger partial charge < -0.3 is 10.2 Å². The Hall–Kier alpha value is -1.53. The van der Waals surface area contributed by atoms with E-state index in [4.69, 9.17) is 0 Å². The maximum Gasteiger partial charge on any atom is 0.225 e. The van der Waals surface area contributed by atoms with Crippen molar-refractivity contribution in [2.45, 2.75) is 31.8 Å². The highest BCUT2D eigenvalue weighted by atomic mass is 32.1. The van der Waals surface area contributed by atoms with Crippen molar-refractivity contribution >= 4 is 17.3 Å². The number of thiazole rings is 1. The van der Waals surface area contributed by atoms with E-state index in [9.17, 15) is 0 Å². The Morgan fingerprint density at radius 1 is 1.30 bits per heavy atom. The van der Waals surface area contributed by atoms with Gasteiger partial charge in [-0.25, -0.2) is 9.97 Å². The smallest absolute Gasteiger partial charge is 0.225 e. The summed E-state index contributed by atoms with van der Waals surface area (Å²) in [5, 5.41) is 3.70. The van der Waals surface area contributed by atoms with Crippen molar-refractivity contribution in [3.63, 3.8) is 0 Å². The van der Waals surface area contributed by atoms with E-state index < -0.39 is 0 Å². The van der Waals surface area contributed by atoms with E-state index in [1.807, 2.05) is 17.8 Å². The maximum absolute atomic E-state index is 4.32. The Morgan fingerprint density at radius 3 is 2.70 bits per heavy atom. The highest BCUT2D eigenvalue weighted by molar-refractivity contribution is 7.09. The van der Waals surface area contributed by atoms with Crippen LogP contribution in [0, 0.1) is 0 Å². The molecule has 6 heteroatoms. The standard InChI is InChI=1S/C14H19N5S/c1-11(13-9-15-10-20-13)18-12-3-7-19(8-4-12)14-16-5-2-6-17-14/h2,5-6,9-12,18H,3-4,7-8H2,1H3. The molecule has 0 aromatic carbocycles. The zero-order valence-electron chi connectivity index (χ0n) is 11.6. The second kappa shape index (κ2) is 6.28. The minimum Gasteiger partial charge on any atom is -0.341 e. The lowest BCUT2D eigenvalue weighted by molar-refractivity contribution is 0.381. The van der Waals surface area contributed by atoms with Crippen molar-refractivity contribution in [1.82, 2.24) is 20.3 Å². The fraction of sp³-hybridized carbons (Fsp3) is 0.500. The fourth-order valence-electron chi connectivity index (χ4n) is 2.58. The first-order valence-electron chi connectivity index (χ1n) is 6.99. The Balaban J connectivity index is 1.51. The van der Waals surface area contributed by atoms with Crippen LogP contribution in [0.1, 0.15) is 30.7 Å². The van der Waals surface area contributed by atoms with Gasteiger partial charge in [0.05, 0.1) is 5.51 Å². The van der Waals surface area contributed by atoms with Crippen molar-refractivity contribution in [2.24, 2.45) is 0 Å². The van der Waals surface area contributed by atoms with E-state index in [0.717, 1.165) is 31.9 Å². The number of rotatable bonds is 4. The first kappa shape index (κ1) is 13.5. The topological polar surface area (TPSA) is 53.9 Å². The third-order valence-electron chi connectivity index (χ3n) is 3.69. The zero-order valence-corrected chi connectivity index (χ0v) is 12.4. The minimum absolute atomic E-state index is 0.382. The van der Waals surface area contributed by atoms with E-state index >= 15 is 0 Å². The molecule has 0 amide bonds. The summed E-state index contributed by atoms with van der Waals surface area (Å²) in [7, 11) is 0. The van der Waals surface area contributed by atoms with Gasteiger partial charge in [-0.2, -0.15) is 0 Å². The summed E-state index contributed by atoms with van der Waals surface area (Å²) in [6, 6.07) is 2.80. The molecule has 1 aliphatic heterocycles. The van der Waals surface area contributed by atoms with E-state index in [2.05, 4.69) is 32.1 Å². The fourth-order valence-corrected chi connectivity index (χ4v) is 3.21. The number of hydrogen-bond acceptors (Lipinski definition) is 6. The molecule has 1 N–H and O–H groups in total. The number of hydrogen-bond donors (Lipinski definition) is 1. The van der Waals surface area contributed by atoms with Crippen LogP contribution in [0.5, 0.6) is 0 Å². The van der Waals surface area contributed by atoms with Gasteiger partial charge in [0, 0.05) is 48.6 Å². The molecule has 0 radical (unpaired) electrons. The number of anilines is 1. The van der Waals surface area contributed by atoms with Gasteiger partial charge in [0.15, 0.2) is 0 Å². The summed E-state index contributed by atoms with van der Waals surface area (Å²) < 4.78 is 0. The SMILES string of the molecule is CC(NC1CCN(c2ncccn2)CC1)c1cncs1. The molecule has 3 heterocycles. The van der Waals surface area contributed by atoms with Gasteiger partial charge in [0.2, 0.25) is 5.95 Å². The summed E-state index contributed by atoms with van der Waals surface area (Å²) in [6.07, 6.45) is 7.81. The average Bonchev–Trinajstić information content (AvgIpc) is 3.03. The highest BCUT2D eigenvalue weighted by Gasteiger charge is 2.22. The molecule has 0 saturated carbocycles. The van der Waals surface area contributed by atoms with Gasteiger partial charge in [-0.15, -0.1) is 11.3 Å². The van der Waals surface area contributed by atoms with E-state index in [-0.39, 0.29) is 0 Å². The van der Waals surface area contributed by atoms with E-state index in [1.165, 1.54) is 4.88 Å². The molecule has 0 bridgehead atoms.